The molecule has 1 amide bonds. The van der Waals surface area contributed by atoms with Gasteiger partial charge in [-0.05, 0) is 25.1 Å². The highest BCUT2D eigenvalue weighted by atomic mass is 35.5. The summed E-state index contributed by atoms with van der Waals surface area (Å²) in [6.07, 6.45) is 3.14. The van der Waals surface area contributed by atoms with E-state index in [0.717, 1.165) is 5.56 Å². The number of hydrogen-bond donors (Lipinski definition) is 1. The number of thioether (sulfide) groups is 1. The minimum atomic E-state index is -0.397. The number of rotatable bonds is 5. The summed E-state index contributed by atoms with van der Waals surface area (Å²) in [5, 5.41) is 11.9. The van der Waals surface area contributed by atoms with Crippen LogP contribution in [0.4, 0.5) is 5.95 Å². The first-order valence-corrected chi connectivity index (χ1v) is 8.71. The number of anilines is 1. The van der Waals surface area contributed by atoms with Crippen molar-refractivity contribution in [3.8, 4) is 11.4 Å². The molecule has 128 valence electrons. The van der Waals surface area contributed by atoms with E-state index < -0.39 is 5.25 Å². The summed E-state index contributed by atoms with van der Waals surface area (Å²) in [7, 11) is 1.84. The van der Waals surface area contributed by atoms with Gasteiger partial charge in [0.2, 0.25) is 11.9 Å². The monoisotopic (exact) mass is 374 g/mol. The Morgan fingerprint density at radius 1 is 1.20 bits per heavy atom. The second kappa shape index (κ2) is 7.62. The van der Waals surface area contributed by atoms with Gasteiger partial charge in [-0.1, -0.05) is 35.5 Å². The Morgan fingerprint density at radius 2 is 1.92 bits per heavy atom. The van der Waals surface area contributed by atoms with Crippen LogP contribution in [-0.2, 0) is 11.8 Å². The first-order chi connectivity index (χ1) is 12.1. The van der Waals surface area contributed by atoms with Crippen molar-refractivity contribution in [2.75, 3.05) is 5.32 Å². The number of carbonyl (C=O) groups excluding carboxylic acids is 1. The summed E-state index contributed by atoms with van der Waals surface area (Å²) >= 11 is 7.52. The molecule has 0 saturated carbocycles. The minimum Gasteiger partial charge on any atom is -0.305 e. The number of nitrogens with zero attached hydrogens (tertiary/aromatic N) is 5. The van der Waals surface area contributed by atoms with E-state index in [1.807, 2.05) is 29.8 Å². The fourth-order valence-electron chi connectivity index (χ4n) is 2.08. The van der Waals surface area contributed by atoms with E-state index in [4.69, 9.17) is 11.6 Å². The number of halogens is 1. The van der Waals surface area contributed by atoms with Crippen LogP contribution in [0.2, 0.25) is 5.02 Å². The summed E-state index contributed by atoms with van der Waals surface area (Å²) < 4.78 is 1.81. The normalized spacial score (nSPS) is 12.0. The molecule has 9 heteroatoms. The highest BCUT2D eigenvalue weighted by molar-refractivity contribution is 8.00. The molecule has 2 heterocycles. The van der Waals surface area contributed by atoms with Gasteiger partial charge >= 0.3 is 0 Å². The third-order valence-corrected chi connectivity index (χ3v) is 4.87. The van der Waals surface area contributed by atoms with Crippen molar-refractivity contribution in [3.63, 3.8) is 0 Å². The molecule has 0 spiro atoms. The van der Waals surface area contributed by atoms with Crippen molar-refractivity contribution in [2.24, 2.45) is 7.05 Å². The molecular weight excluding hydrogens is 360 g/mol. The van der Waals surface area contributed by atoms with Crippen LogP contribution < -0.4 is 5.32 Å². The van der Waals surface area contributed by atoms with Gasteiger partial charge in [0, 0.05) is 25.0 Å². The summed E-state index contributed by atoms with van der Waals surface area (Å²) in [6.45, 7) is 1.78. The van der Waals surface area contributed by atoms with Crippen molar-refractivity contribution in [1.82, 2.24) is 24.7 Å². The molecule has 1 N–H and O–H groups in total. The van der Waals surface area contributed by atoms with Gasteiger partial charge in [0.25, 0.3) is 0 Å². The van der Waals surface area contributed by atoms with Gasteiger partial charge in [0.05, 0.1) is 10.3 Å². The topological polar surface area (TPSA) is 85.6 Å². The molecule has 0 saturated heterocycles. The predicted molar refractivity (Wildman–Crippen MR) is 97.4 cm³/mol. The molecule has 1 unspecified atom stereocenters. The first kappa shape index (κ1) is 17.4. The summed E-state index contributed by atoms with van der Waals surface area (Å²) in [4.78, 5) is 20.2. The molecule has 0 aliphatic heterocycles. The van der Waals surface area contributed by atoms with Crippen LogP contribution >= 0.6 is 23.4 Å². The highest BCUT2D eigenvalue weighted by Crippen LogP contribution is 2.29. The van der Waals surface area contributed by atoms with E-state index in [1.165, 1.54) is 11.8 Å². The summed E-state index contributed by atoms with van der Waals surface area (Å²) in [5.74, 6) is 0.709. The molecule has 0 aliphatic rings. The number of amides is 1. The third-order valence-electron chi connectivity index (χ3n) is 3.40. The molecule has 0 fully saturated rings. The number of benzene rings is 1. The molecule has 0 radical (unpaired) electrons. The molecule has 1 aromatic carbocycles. The van der Waals surface area contributed by atoms with E-state index in [9.17, 15) is 4.79 Å². The van der Waals surface area contributed by atoms with Crippen LogP contribution in [0.15, 0.2) is 47.9 Å². The van der Waals surface area contributed by atoms with E-state index >= 15 is 0 Å². The maximum Gasteiger partial charge on any atom is 0.240 e. The molecule has 3 aromatic rings. The molecule has 1 atom stereocenters. The smallest absolute Gasteiger partial charge is 0.240 e. The molecule has 2 aromatic heterocycles. The van der Waals surface area contributed by atoms with E-state index in [2.05, 4.69) is 25.5 Å². The summed E-state index contributed by atoms with van der Waals surface area (Å²) in [6, 6.07) is 9.11. The molecule has 0 bridgehead atoms. The molecule has 0 aliphatic carbocycles. The highest BCUT2D eigenvalue weighted by Gasteiger charge is 2.20. The van der Waals surface area contributed by atoms with Crippen molar-refractivity contribution in [2.45, 2.75) is 17.3 Å². The van der Waals surface area contributed by atoms with Crippen LogP contribution in [0.25, 0.3) is 11.4 Å². The lowest BCUT2D eigenvalue weighted by Gasteiger charge is -2.10. The van der Waals surface area contributed by atoms with Crippen LogP contribution in [0.5, 0.6) is 0 Å². The second-order valence-electron chi connectivity index (χ2n) is 5.17. The molecule has 7 nitrogen and oxygen atoms in total. The van der Waals surface area contributed by atoms with Gasteiger partial charge in [0.1, 0.15) is 0 Å². The Hall–Kier alpha value is -2.45. The van der Waals surface area contributed by atoms with Crippen LogP contribution in [-0.4, -0.2) is 35.9 Å². The van der Waals surface area contributed by atoms with Gasteiger partial charge in [-0.15, -0.1) is 10.2 Å². The first-order valence-electron chi connectivity index (χ1n) is 7.45. The SMILES string of the molecule is CC(Sc1nnc(-c2ccccc2Cl)n1C)C(=O)Nc1ncccn1. The third kappa shape index (κ3) is 3.97. The van der Waals surface area contributed by atoms with Crippen LogP contribution in [0, 0.1) is 0 Å². The minimum absolute atomic E-state index is 0.210. The van der Waals surface area contributed by atoms with Crippen molar-refractivity contribution in [1.29, 1.82) is 0 Å². The summed E-state index contributed by atoms with van der Waals surface area (Å²) in [5.41, 5.74) is 0.792. The number of nitrogens with one attached hydrogen (secondary N) is 1. The zero-order valence-electron chi connectivity index (χ0n) is 13.5. The zero-order valence-corrected chi connectivity index (χ0v) is 15.1. The Labute approximate surface area is 153 Å². The van der Waals surface area contributed by atoms with Crippen molar-refractivity contribution >= 4 is 35.2 Å². The molecule has 25 heavy (non-hydrogen) atoms. The number of aromatic nitrogens is 5. The second-order valence-corrected chi connectivity index (χ2v) is 6.88. The lowest BCUT2D eigenvalue weighted by atomic mass is 10.2. The van der Waals surface area contributed by atoms with Crippen molar-refractivity contribution in [3.05, 3.63) is 47.7 Å². The molecular formula is C16H15ClN6OS. The Bertz CT molecular complexity index is 885. The lowest BCUT2D eigenvalue weighted by molar-refractivity contribution is -0.115. The maximum absolute atomic E-state index is 12.3. The quantitative estimate of drug-likeness (QED) is 0.691. The fraction of sp³-hybridized carbons (Fsp3) is 0.188. The molecule has 3 rings (SSSR count). The van der Waals surface area contributed by atoms with Crippen LogP contribution in [0.3, 0.4) is 0 Å². The van der Waals surface area contributed by atoms with Gasteiger partial charge in [-0.2, -0.15) is 0 Å². The standard InChI is InChI=1S/C16H15ClN6OS/c1-10(14(24)20-15-18-8-5-9-19-15)25-16-22-21-13(23(16)2)11-6-3-4-7-12(11)17/h3-10H,1-2H3,(H,18,19,20,24). The van der Waals surface area contributed by atoms with Gasteiger partial charge in [0.15, 0.2) is 11.0 Å². The van der Waals surface area contributed by atoms with Crippen molar-refractivity contribution < 1.29 is 4.79 Å². The Morgan fingerprint density at radius 3 is 2.64 bits per heavy atom. The van der Waals surface area contributed by atoms with Gasteiger partial charge in [-0.3, -0.25) is 10.1 Å². The number of hydrogen-bond acceptors (Lipinski definition) is 6. The average molecular weight is 375 g/mol. The average Bonchev–Trinajstić information content (AvgIpc) is 2.97. The van der Waals surface area contributed by atoms with E-state index in [-0.39, 0.29) is 11.9 Å². The predicted octanol–water partition coefficient (Wildman–Crippen LogP) is 3.04. The van der Waals surface area contributed by atoms with E-state index in [0.29, 0.717) is 16.0 Å². The largest absolute Gasteiger partial charge is 0.305 e. The Kier molecular flexibility index (Phi) is 5.30. The van der Waals surface area contributed by atoms with E-state index in [1.54, 1.807) is 31.5 Å². The Balaban J connectivity index is 1.73. The van der Waals surface area contributed by atoms with Gasteiger partial charge < -0.3 is 4.57 Å². The van der Waals surface area contributed by atoms with Gasteiger partial charge in [-0.25, -0.2) is 9.97 Å². The lowest BCUT2D eigenvalue weighted by Crippen LogP contribution is -2.23. The fourth-order valence-corrected chi connectivity index (χ4v) is 3.12. The van der Waals surface area contributed by atoms with Crippen LogP contribution in [0.1, 0.15) is 6.92 Å². The zero-order chi connectivity index (χ0) is 17.8. The number of carbonyl (C=O) groups is 1. The maximum atomic E-state index is 12.3.